The molecular formula is C20H14F3N3. The molecule has 0 atom stereocenters. The smallest absolute Gasteiger partial charge is 0.268 e. The topological polar surface area (TPSA) is 30.7 Å². The minimum absolute atomic E-state index is 0.0388. The van der Waals surface area contributed by atoms with Crippen molar-refractivity contribution in [3.63, 3.8) is 0 Å². The molecule has 0 aliphatic carbocycles. The standard InChI is InChI=1S/C20H14F3N3/c21-20(22,23)17-9-4-8-16-18(14-6-2-1-3-7-14)15(12-24-19(16)17)13-26-11-5-10-25-26/h1-12H,13H2. The molecule has 0 unspecified atom stereocenters. The summed E-state index contributed by atoms with van der Waals surface area (Å²) in [7, 11) is 0. The molecule has 0 bridgehead atoms. The summed E-state index contributed by atoms with van der Waals surface area (Å²) < 4.78 is 41.9. The lowest BCUT2D eigenvalue weighted by Crippen LogP contribution is -2.08. The summed E-state index contributed by atoms with van der Waals surface area (Å²) in [5.41, 5.74) is 1.64. The molecule has 0 saturated carbocycles. The van der Waals surface area contributed by atoms with Gasteiger partial charge in [0.2, 0.25) is 0 Å². The summed E-state index contributed by atoms with van der Waals surface area (Å²) in [6, 6.07) is 15.4. The molecule has 2 aromatic heterocycles. The zero-order valence-corrected chi connectivity index (χ0v) is 13.6. The van der Waals surface area contributed by atoms with Gasteiger partial charge in [-0.05, 0) is 23.3 Å². The van der Waals surface area contributed by atoms with Gasteiger partial charge in [0.25, 0.3) is 0 Å². The molecule has 2 heterocycles. The maximum Gasteiger partial charge on any atom is 0.418 e. The molecule has 0 amide bonds. The average Bonchev–Trinajstić information content (AvgIpc) is 3.14. The maximum atomic E-state index is 13.4. The van der Waals surface area contributed by atoms with Crippen molar-refractivity contribution in [2.75, 3.05) is 0 Å². The van der Waals surface area contributed by atoms with E-state index in [0.717, 1.165) is 22.8 Å². The molecule has 0 aliphatic heterocycles. The van der Waals surface area contributed by atoms with Crippen molar-refractivity contribution in [1.82, 2.24) is 14.8 Å². The predicted molar refractivity (Wildman–Crippen MR) is 93.5 cm³/mol. The maximum absolute atomic E-state index is 13.4. The highest BCUT2D eigenvalue weighted by Gasteiger charge is 2.33. The first kappa shape index (κ1) is 16.3. The van der Waals surface area contributed by atoms with Gasteiger partial charge in [0.15, 0.2) is 0 Å². The van der Waals surface area contributed by atoms with Gasteiger partial charge in [-0.3, -0.25) is 9.67 Å². The molecule has 2 aromatic carbocycles. The van der Waals surface area contributed by atoms with Gasteiger partial charge >= 0.3 is 6.18 Å². The summed E-state index contributed by atoms with van der Waals surface area (Å²) in [6.45, 7) is 0.427. The molecule has 0 saturated heterocycles. The van der Waals surface area contributed by atoms with Crippen molar-refractivity contribution in [3.8, 4) is 11.1 Å². The third kappa shape index (κ3) is 2.94. The van der Waals surface area contributed by atoms with Gasteiger partial charge in [-0.15, -0.1) is 0 Å². The highest BCUT2D eigenvalue weighted by atomic mass is 19.4. The Kier molecular flexibility index (Phi) is 3.95. The number of rotatable bonds is 3. The van der Waals surface area contributed by atoms with Gasteiger partial charge in [0.05, 0.1) is 17.6 Å². The number of halogens is 3. The number of para-hydroxylation sites is 1. The largest absolute Gasteiger partial charge is 0.418 e. The molecule has 3 nitrogen and oxygen atoms in total. The van der Waals surface area contributed by atoms with Crippen LogP contribution in [0.4, 0.5) is 13.2 Å². The number of benzene rings is 2. The van der Waals surface area contributed by atoms with Crippen LogP contribution in [0, 0.1) is 0 Å². The third-order valence-electron chi connectivity index (χ3n) is 4.24. The minimum Gasteiger partial charge on any atom is -0.268 e. The quantitative estimate of drug-likeness (QED) is 0.509. The summed E-state index contributed by atoms with van der Waals surface area (Å²) in [4.78, 5) is 4.15. The van der Waals surface area contributed by atoms with E-state index < -0.39 is 11.7 Å². The van der Waals surface area contributed by atoms with Crippen LogP contribution in [-0.2, 0) is 12.7 Å². The molecular weight excluding hydrogens is 339 g/mol. The molecule has 4 rings (SSSR count). The summed E-state index contributed by atoms with van der Waals surface area (Å²) >= 11 is 0. The lowest BCUT2D eigenvalue weighted by Gasteiger charge is -2.16. The number of fused-ring (bicyclic) bond motifs is 1. The number of aromatic nitrogens is 3. The first-order valence-electron chi connectivity index (χ1n) is 8.04. The van der Waals surface area contributed by atoms with E-state index in [1.165, 1.54) is 12.3 Å². The van der Waals surface area contributed by atoms with E-state index in [-0.39, 0.29) is 5.52 Å². The van der Waals surface area contributed by atoms with Crippen molar-refractivity contribution in [2.24, 2.45) is 0 Å². The summed E-state index contributed by atoms with van der Waals surface area (Å²) in [6.07, 6.45) is 0.537. The fourth-order valence-electron chi connectivity index (χ4n) is 3.13. The minimum atomic E-state index is -4.45. The number of pyridine rings is 1. The van der Waals surface area contributed by atoms with E-state index in [0.29, 0.717) is 11.9 Å². The molecule has 0 spiro atoms. The van der Waals surface area contributed by atoms with E-state index in [1.807, 2.05) is 36.5 Å². The highest BCUT2D eigenvalue weighted by molar-refractivity contribution is 5.97. The first-order chi connectivity index (χ1) is 12.5. The lowest BCUT2D eigenvalue weighted by atomic mass is 9.95. The Morgan fingerprint density at radius 1 is 0.923 bits per heavy atom. The van der Waals surface area contributed by atoms with E-state index >= 15 is 0 Å². The van der Waals surface area contributed by atoms with Gasteiger partial charge in [-0.2, -0.15) is 18.3 Å². The van der Waals surface area contributed by atoms with Crippen LogP contribution in [0.15, 0.2) is 73.2 Å². The zero-order chi connectivity index (χ0) is 18.1. The van der Waals surface area contributed by atoms with Crippen LogP contribution in [0.25, 0.3) is 22.0 Å². The fourth-order valence-corrected chi connectivity index (χ4v) is 3.13. The average molecular weight is 353 g/mol. The van der Waals surface area contributed by atoms with Crippen LogP contribution in [0.1, 0.15) is 11.1 Å². The summed E-state index contributed by atoms with van der Waals surface area (Å²) in [5, 5.41) is 4.67. The van der Waals surface area contributed by atoms with Gasteiger partial charge in [-0.1, -0.05) is 42.5 Å². The van der Waals surface area contributed by atoms with Gasteiger partial charge in [0, 0.05) is 29.5 Å². The highest BCUT2D eigenvalue weighted by Crippen LogP contribution is 2.38. The van der Waals surface area contributed by atoms with Crippen LogP contribution in [-0.4, -0.2) is 14.8 Å². The van der Waals surface area contributed by atoms with Gasteiger partial charge < -0.3 is 0 Å². The Morgan fingerprint density at radius 3 is 2.42 bits per heavy atom. The Balaban J connectivity index is 2.00. The Hall–Kier alpha value is -3.15. The molecule has 0 radical (unpaired) electrons. The SMILES string of the molecule is FC(F)(F)c1cccc2c(-c3ccccc3)c(Cn3cccn3)cnc12. The van der Waals surface area contributed by atoms with Crippen molar-refractivity contribution < 1.29 is 13.2 Å². The van der Waals surface area contributed by atoms with E-state index in [1.54, 1.807) is 23.0 Å². The molecule has 4 aromatic rings. The molecule has 6 heteroatoms. The normalized spacial score (nSPS) is 11.8. The van der Waals surface area contributed by atoms with Crippen LogP contribution in [0.3, 0.4) is 0 Å². The Bertz CT molecular complexity index is 1040. The zero-order valence-electron chi connectivity index (χ0n) is 13.6. The number of nitrogens with zero attached hydrogens (tertiary/aromatic N) is 3. The number of hydrogen-bond donors (Lipinski definition) is 0. The monoisotopic (exact) mass is 353 g/mol. The Labute approximate surface area is 147 Å². The van der Waals surface area contributed by atoms with Crippen molar-refractivity contribution >= 4 is 10.9 Å². The Morgan fingerprint density at radius 2 is 1.73 bits per heavy atom. The van der Waals surface area contributed by atoms with Crippen LogP contribution in [0.2, 0.25) is 0 Å². The van der Waals surface area contributed by atoms with Crippen LogP contribution < -0.4 is 0 Å². The molecule has 26 heavy (non-hydrogen) atoms. The van der Waals surface area contributed by atoms with E-state index in [9.17, 15) is 13.2 Å². The van der Waals surface area contributed by atoms with Crippen LogP contribution in [0.5, 0.6) is 0 Å². The lowest BCUT2D eigenvalue weighted by molar-refractivity contribution is -0.136. The molecule has 0 aliphatic rings. The first-order valence-corrected chi connectivity index (χ1v) is 8.04. The second kappa shape index (κ2) is 6.29. The van der Waals surface area contributed by atoms with Crippen molar-refractivity contribution in [3.05, 3.63) is 84.3 Å². The van der Waals surface area contributed by atoms with E-state index in [2.05, 4.69) is 10.1 Å². The third-order valence-corrected chi connectivity index (χ3v) is 4.24. The number of hydrogen-bond acceptors (Lipinski definition) is 2. The molecule has 0 fully saturated rings. The number of alkyl halides is 3. The molecule has 0 N–H and O–H groups in total. The van der Waals surface area contributed by atoms with E-state index in [4.69, 9.17) is 0 Å². The summed E-state index contributed by atoms with van der Waals surface area (Å²) in [5.74, 6) is 0. The second-order valence-electron chi connectivity index (χ2n) is 5.93. The van der Waals surface area contributed by atoms with Gasteiger partial charge in [-0.25, -0.2) is 0 Å². The fraction of sp³-hybridized carbons (Fsp3) is 0.100. The van der Waals surface area contributed by atoms with Crippen LogP contribution >= 0.6 is 0 Å². The molecule has 130 valence electrons. The van der Waals surface area contributed by atoms with Crippen molar-refractivity contribution in [1.29, 1.82) is 0 Å². The van der Waals surface area contributed by atoms with Gasteiger partial charge in [0.1, 0.15) is 0 Å². The predicted octanol–water partition coefficient (Wildman–Crippen LogP) is 5.17. The second-order valence-corrected chi connectivity index (χ2v) is 5.93. The van der Waals surface area contributed by atoms with Crippen molar-refractivity contribution in [2.45, 2.75) is 12.7 Å².